The Morgan fingerprint density at radius 1 is 1.45 bits per heavy atom. The summed E-state index contributed by atoms with van der Waals surface area (Å²) in [6.07, 6.45) is 4.06. The van der Waals surface area contributed by atoms with Gasteiger partial charge in [0.15, 0.2) is 0 Å². The number of aromatic amines is 1. The minimum Gasteiger partial charge on any atom is -0.359 e. The van der Waals surface area contributed by atoms with Gasteiger partial charge in [-0.25, -0.2) is 4.98 Å². The maximum Gasteiger partial charge on any atom is 0.252 e. The van der Waals surface area contributed by atoms with E-state index in [9.17, 15) is 9.59 Å². The van der Waals surface area contributed by atoms with Crippen molar-refractivity contribution >= 4 is 11.7 Å². The fourth-order valence-electron chi connectivity index (χ4n) is 2.78. The lowest BCUT2D eigenvalue weighted by Crippen LogP contribution is -2.43. The van der Waals surface area contributed by atoms with E-state index in [2.05, 4.69) is 20.2 Å². The van der Waals surface area contributed by atoms with Crippen LogP contribution in [-0.2, 0) is 4.79 Å². The van der Waals surface area contributed by atoms with Crippen molar-refractivity contribution in [2.75, 3.05) is 25.0 Å². The van der Waals surface area contributed by atoms with Gasteiger partial charge in [0.1, 0.15) is 11.6 Å². The lowest BCUT2D eigenvalue weighted by Gasteiger charge is -2.32. The molecule has 1 saturated carbocycles. The maximum absolute atomic E-state index is 11.8. The Kier molecular flexibility index (Phi) is 3.46. The van der Waals surface area contributed by atoms with Crippen LogP contribution >= 0.6 is 0 Å². The highest BCUT2D eigenvalue weighted by Crippen LogP contribution is 2.38. The normalized spacial score (nSPS) is 22.6. The summed E-state index contributed by atoms with van der Waals surface area (Å²) in [7, 11) is 1.66. The molecule has 1 atom stereocenters. The first-order valence-electron chi connectivity index (χ1n) is 7.25. The molecule has 3 rings (SSSR count). The van der Waals surface area contributed by atoms with E-state index in [4.69, 9.17) is 0 Å². The lowest BCUT2D eigenvalue weighted by molar-refractivity contribution is -0.124. The van der Waals surface area contributed by atoms with Gasteiger partial charge >= 0.3 is 0 Å². The summed E-state index contributed by atoms with van der Waals surface area (Å²) < 4.78 is 0. The van der Waals surface area contributed by atoms with Crippen LogP contribution in [0.1, 0.15) is 37.4 Å². The topological polar surface area (TPSA) is 78.1 Å². The Balaban J connectivity index is 1.81. The number of carbonyl (C=O) groups is 1. The van der Waals surface area contributed by atoms with Crippen LogP contribution in [0.5, 0.6) is 0 Å². The van der Waals surface area contributed by atoms with Crippen LogP contribution in [0.25, 0.3) is 0 Å². The van der Waals surface area contributed by atoms with Crippen LogP contribution in [0, 0.1) is 5.92 Å². The molecule has 1 aromatic heterocycles. The van der Waals surface area contributed by atoms with Gasteiger partial charge in [-0.1, -0.05) is 0 Å². The number of nitrogens with one attached hydrogen (secondary N) is 2. The van der Waals surface area contributed by atoms with E-state index >= 15 is 0 Å². The third kappa shape index (κ3) is 2.69. The number of amides is 1. The number of nitrogens with zero attached hydrogens (tertiary/aromatic N) is 2. The zero-order valence-corrected chi connectivity index (χ0v) is 11.7. The summed E-state index contributed by atoms with van der Waals surface area (Å²) in [5, 5.41) is 2.70. The van der Waals surface area contributed by atoms with Gasteiger partial charge in [0.05, 0.1) is 5.92 Å². The Labute approximate surface area is 117 Å². The fraction of sp³-hybridized carbons (Fsp3) is 0.643. The van der Waals surface area contributed by atoms with Crippen LogP contribution in [-0.4, -0.2) is 36.0 Å². The van der Waals surface area contributed by atoms with E-state index in [1.54, 1.807) is 7.05 Å². The second kappa shape index (κ2) is 5.26. The highest BCUT2D eigenvalue weighted by molar-refractivity contribution is 5.79. The highest BCUT2D eigenvalue weighted by atomic mass is 16.1. The van der Waals surface area contributed by atoms with E-state index in [1.165, 1.54) is 6.07 Å². The number of H-pyrrole nitrogens is 1. The summed E-state index contributed by atoms with van der Waals surface area (Å²) in [6.45, 7) is 1.49. The standard InChI is InChI=1S/C14H20N4O2/c1-15-14(20)10-3-2-6-18(8-10)11-7-12(19)17-13(16-11)9-4-5-9/h7,9-10H,2-6,8H2,1H3,(H,15,20)(H,16,17,19). The first-order chi connectivity index (χ1) is 9.67. The van der Waals surface area contributed by atoms with E-state index < -0.39 is 0 Å². The number of hydrogen-bond donors (Lipinski definition) is 2. The molecule has 6 heteroatoms. The SMILES string of the molecule is CNC(=O)C1CCCN(c2cc(=O)[nH]c(C3CC3)n2)C1. The van der Waals surface area contributed by atoms with Crippen molar-refractivity contribution in [3.63, 3.8) is 0 Å². The summed E-state index contributed by atoms with van der Waals surface area (Å²) in [6, 6.07) is 1.54. The molecule has 0 radical (unpaired) electrons. The lowest BCUT2D eigenvalue weighted by atomic mass is 9.97. The van der Waals surface area contributed by atoms with Crippen LogP contribution in [0.15, 0.2) is 10.9 Å². The number of carbonyl (C=O) groups excluding carboxylic acids is 1. The number of anilines is 1. The molecule has 2 heterocycles. The molecule has 1 unspecified atom stereocenters. The first-order valence-corrected chi connectivity index (χ1v) is 7.25. The van der Waals surface area contributed by atoms with Crippen LogP contribution in [0.3, 0.4) is 0 Å². The fourth-order valence-corrected chi connectivity index (χ4v) is 2.78. The molecule has 6 nitrogen and oxygen atoms in total. The Morgan fingerprint density at radius 2 is 2.25 bits per heavy atom. The molecule has 2 fully saturated rings. The van der Waals surface area contributed by atoms with Gasteiger partial charge in [-0.15, -0.1) is 0 Å². The molecule has 0 aromatic carbocycles. The van der Waals surface area contributed by atoms with Crippen molar-refractivity contribution in [3.05, 3.63) is 22.2 Å². The van der Waals surface area contributed by atoms with Gasteiger partial charge < -0.3 is 15.2 Å². The predicted octanol–water partition coefficient (Wildman–Crippen LogP) is 0.610. The molecular formula is C14H20N4O2. The van der Waals surface area contributed by atoms with Gasteiger partial charge in [0.2, 0.25) is 5.91 Å². The molecule has 0 spiro atoms. The van der Waals surface area contributed by atoms with Crippen LogP contribution in [0.4, 0.5) is 5.82 Å². The van der Waals surface area contributed by atoms with E-state index in [-0.39, 0.29) is 17.4 Å². The summed E-state index contributed by atoms with van der Waals surface area (Å²) >= 11 is 0. The van der Waals surface area contributed by atoms with E-state index in [0.29, 0.717) is 18.3 Å². The molecule has 1 aliphatic carbocycles. The van der Waals surface area contributed by atoms with Crippen molar-refractivity contribution in [3.8, 4) is 0 Å². The molecule has 1 aromatic rings. The molecular weight excluding hydrogens is 256 g/mol. The highest BCUT2D eigenvalue weighted by Gasteiger charge is 2.29. The van der Waals surface area contributed by atoms with E-state index in [1.807, 2.05) is 0 Å². The largest absolute Gasteiger partial charge is 0.359 e. The number of piperidine rings is 1. The minimum absolute atomic E-state index is 0.0146. The smallest absolute Gasteiger partial charge is 0.252 e. The van der Waals surface area contributed by atoms with Gasteiger partial charge in [-0.05, 0) is 25.7 Å². The van der Waals surface area contributed by atoms with Crippen LogP contribution < -0.4 is 15.8 Å². The minimum atomic E-state index is -0.0982. The van der Waals surface area contributed by atoms with Crippen molar-refractivity contribution in [2.45, 2.75) is 31.6 Å². The first kappa shape index (κ1) is 13.1. The molecule has 0 bridgehead atoms. The monoisotopic (exact) mass is 276 g/mol. The van der Waals surface area contributed by atoms with Crippen molar-refractivity contribution in [1.82, 2.24) is 15.3 Å². The number of hydrogen-bond acceptors (Lipinski definition) is 4. The molecule has 1 saturated heterocycles. The zero-order valence-electron chi connectivity index (χ0n) is 11.7. The maximum atomic E-state index is 11.8. The molecule has 20 heavy (non-hydrogen) atoms. The summed E-state index contributed by atoms with van der Waals surface area (Å²) in [5.74, 6) is 1.99. The Bertz CT molecular complexity index is 565. The summed E-state index contributed by atoms with van der Waals surface area (Å²) in [5.41, 5.74) is -0.0982. The molecule has 2 N–H and O–H groups in total. The zero-order chi connectivity index (χ0) is 14.1. The van der Waals surface area contributed by atoms with Gasteiger partial charge in [0, 0.05) is 32.1 Å². The third-order valence-corrected chi connectivity index (χ3v) is 4.07. The second-order valence-corrected chi connectivity index (χ2v) is 5.66. The van der Waals surface area contributed by atoms with Crippen molar-refractivity contribution in [1.29, 1.82) is 0 Å². The molecule has 1 aliphatic heterocycles. The van der Waals surface area contributed by atoms with Crippen molar-refractivity contribution < 1.29 is 4.79 Å². The van der Waals surface area contributed by atoms with Gasteiger partial charge in [0.25, 0.3) is 5.56 Å². The Hall–Kier alpha value is -1.85. The van der Waals surface area contributed by atoms with E-state index in [0.717, 1.165) is 38.1 Å². The van der Waals surface area contributed by atoms with Crippen LogP contribution in [0.2, 0.25) is 0 Å². The average Bonchev–Trinajstić information content (AvgIpc) is 3.30. The van der Waals surface area contributed by atoms with Crippen molar-refractivity contribution in [2.24, 2.45) is 5.92 Å². The predicted molar refractivity (Wildman–Crippen MR) is 75.8 cm³/mol. The summed E-state index contributed by atoms with van der Waals surface area (Å²) in [4.78, 5) is 33.0. The molecule has 1 amide bonds. The number of rotatable bonds is 3. The average molecular weight is 276 g/mol. The molecule has 2 aliphatic rings. The Morgan fingerprint density at radius 3 is 2.95 bits per heavy atom. The quantitative estimate of drug-likeness (QED) is 0.848. The third-order valence-electron chi connectivity index (χ3n) is 4.07. The second-order valence-electron chi connectivity index (χ2n) is 5.66. The number of aromatic nitrogens is 2. The van der Waals surface area contributed by atoms with Gasteiger partial charge in [-0.3, -0.25) is 9.59 Å². The van der Waals surface area contributed by atoms with Gasteiger partial charge in [-0.2, -0.15) is 0 Å². The molecule has 108 valence electrons.